The van der Waals surface area contributed by atoms with Crippen molar-refractivity contribution in [3.8, 4) is 0 Å². The van der Waals surface area contributed by atoms with E-state index >= 15 is 0 Å². The minimum atomic E-state index is -0.449. The topological polar surface area (TPSA) is 46.6 Å². The summed E-state index contributed by atoms with van der Waals surface area (Å²) in [5.74, 6) is -0.626. The first-order valence-corrected chi connectivity index (χ1v) is 4.01. The third-order valence-corrected chi connectivity index (χ3v) is 2.19. The van der Waals surface area contributed by atoms with E-state index in [0.717, 1.165) is 11.5 Å². The number of nitrogens with zero attached hydrogens (tertiary/aromatic N) is 1. The summed E-state index contributed by atoms with van der Waals surface area (Å²) in [7, 11) is 2.94. The van der Waals surface area contributed by atoms with Gasteiger partial charge in [-0.1, -0.05) is 0 Å². The van der Waals surface area contributed by atoms with Crippen LogP contribution in [0.3, 0.4) is 0 Å². The second-order valence-electron chi connectivity index (χ2n) is 2.93. The van der Waals surface area contributed by atoms with E-state index in [9.17, 15) is 9.59 Å². The van der Waals surface area contributed by atoms with E-state index in [4.69, 9.17) is 4.84 Å². The van der Waals surface area contributed by atoms with Crippen molar-refractivity contribution in [3.05, 3.63) is 0 Å². The quantitative estimate of drug-likeness (QED) is 0.445. The molecule has 68 valence electrons. The Hall–Kier alpha value is -0.900. The van der Waals surface area contributed by atoms with Gasteiger partial charge in [-0.25, -0.2) is 5.06 Å². The Morgan fingerprint density at radius 1 is 1.67 bits per heavy atom. The zero-order chi connectivity index (χ0) is 9.14. The number of carbonyl (C=O) groups excluding carboxylic acids is 2. The lowest BCUT2D eigenvalue weighted by Crippen LogP contribution is -2.33. The van der Waals surface area contributed by atoms with Crippen LogP contribution >= 0.6 is 0 Å². The Bertz CT molecular complexity index is 202. The fraction of sp³-hybridized carbons (Fsp3) is 0.750. The number of ketones is 1. The largest absolute Gasteiger partial charge is 0.299 e. The molecular formula is C8H13NO3. The van der Waals surface area contributed by atoms with E-state index in [2.05, 4.69) is 0 Å². The van der Waals surface area contributed by atoms with E-state index in [1.165, 1.54) is 14.2 Å². The van der Waals surface area contributed by atoms with Gasteiger partial charge >= 0.3 is 0 Å². The van der Waals surface area contributed by atoms with Crippen LogP contribution in [0.4, 0.5) is 0 Å². The van der Waals surface area contributed by atoms with Gasteiger partial charge in [-0.3, -0.25) is 14.4 Å². The van der Waals surface area contributed by atoms with Gasteiger partial charge in [-0.05, 0) is 12.8 Å². The molecule has 4 nitrogen and oxygen atoms in total. The summed E-state index contributed by atoms with van der Waals surface area (Å²) < 4.78 is 0. The average molecular weight is 171 g/mol. The molecule has 12 heavy (non-hydrogen) atoms. The average Bonchev–Trinajstić information content (AvgIpc) is 2.48. The maximum atomic E-state index is 11.4. The molecule has 1 amide bonds. The summed E-state index contributed by atoms with van der Waals surface area (Å²) in [5.41, 5.74) is 0. The summed E-state index contributed by atoms with van der Waals surface area (Å²) in [6.45, 7) is 0. The standard InChI is InChI=1S/C8H13NO3/c1-9(12-2)8(11)6-4-3-5-7(6)10/h6H,3-5H2,1-2H3/t6-/m0/s1. The second-order valence-corrected chi connectivity index (χ2v) is 2.93. The predicted octanol–water partition coefficient (Wildman–Crippen LogP) is 0.375. The lowest BCUT2D eigenvalue weighted by molar-refractivity contribution is -0.173. The Morgan fingerprint density at radius 3 is 2.75 bits per heavy atom. The van der Waals surface area contributed by atoms with Gasteiger partial charge in [0.25, 0.3) is 5.91 Å². The number of carbonyl (C=O) groups is 2. The zero-order valence-corrected chi connectivity index (χ0v) is 7.37. The number of hydroxylamine groups is 2. The molecule has 0 saturated heterocycles. The highest BCUT2D eigenvalue weighted by molar-refractivity contribution is 6.02. The van der Waals surface area contributed by atoms with Crippen LogP contribution in [0.1, 0.15) is 19.3 Å². The smallest absolute Gasteiger partial charge is 0.256 e. The van der Waals surface area contributed by atoms with Crippen LogP contribution in [0.15, 0.2) is 0 Å². The molecule has 0 unspecified atom stereocenters. The van der Waals surface area contributed by atoms with Crippen molar-refractivity contribution in [2.45, 2.75) is 19.3 Å². The van der Waals surface area contributed by atoms with Crippen LogP contribution in [0, 0.1) is 5.92 Å². The molecule has 4 heteroatoms. The van der Waals surface area contributed by atoms with Crippen molar-refractivity contribution in [2.24, 2.45) is 5.92 Å². The molecule has 0 aromatic carbocycles. The van der Waals surface area contributed by atoms with Crippen LogP contribution in [0.5, 0.6) is 0 Å². The van der Waals surface area contributed by atoms with Crippen molar-refractivity contribution in [3.63, 3.8) is 0 Å². The van der Waals surface area contributed by atoms with Crippen LogP contribution in [0.25, 0.3) is 0 Å². The molecular weight excluding hydrogens is 158 g/mol. The van der Waals surface area contributed by atoms with Crippen LogP contribution in [0.2, 0.25) is 0 Å². The lowest BCUT2D eigenvalue weighted by Gasteiger charge is -2.16. The summed E-state index contributed by atoms with van der Waals surface area (Å²) in [5, 5.41) is 1.12. The Labute approximate surface area is 71.4 Å². The first-order valence-electron chi connectivity index (χ1n) is 4.01. The van der Waals surface area contributed by atoms with Gasteiger partial charge in [0.2, 0.25) is 0 Å². The Kier molecular flexibility index (Phi) is 2.81. The highest BCUT2D eigenvalue weighted by Crippen LogP contribution is 2.22. The summed E-state index contributed by atoms with van der Waals surface area (Å²) in [4.78, 5) is 27.2. The van der Waals surface area contributed by atoms with E-state index < -0.39 is 5.92 Å². The molecule has 0 aliphatic heterocycles. The van der Waals surface area contributed by atoms with Crippen molar-refractivity contribution in [1.82, 2.24) is 5.06 Å². The van der Waals surface area contributed by atoms with Crippen molar-refractivity contribution in [2.75, 3.05) is 14.2 Å². The number of amides is 1. The molecule has 0 N–H and O–H groups in total. The van der Waals surface area contributed by atoms with Crippen molar-refractivity contribution >= 4 is 11.7 Å². The van der Waals surface area contributed by atoms with Crippen LogP contribution < -0.4 is 0 Å². The first-order chi connectivity index (χ1) is 5.66. The minimum Gasteiger partial charge on any atom is -0.299 e. The maximum absolute atomic E-state index is 11.4. The summed E-state index contributed by atoms with van der Waals surface area (Å²) in [6, 6.07) is 0. The minimum absolute atomic E-state index is 0.0453. The van der Waals surface area contributed by atoms with Crippen molar-refractivity contribution in [1.29, 1.82) is 0 Å². The van der Waals surface area contributed by atoms with Gasteiger partial charge in [-0.2, -0.15) is 0 Å². The third-order valence-electron chi connectivity index (χ3n) is 2.19. The molecule has 1 atom stereocenters. The molecule has 0 bridgehead atoms. The fourth-order valence-electron chi connectivity index (χ4n) is 1.39. The van der Waals surface area contributed by atoms with E-state index in [-0.39, 0.29) is 11.7 Å². The first kappa shape index (κ1) is 9.19. The number of Topliss-reactive ketones (excluding diaryl/α,β-unsaturated/α-hetero) is 1. The second kappa shape index (κ2) is 3.67. The SMILES string of the molecule is CON(C)C(=O)[C@H]1CCCC1=O. The molecule has 0 aromatic heterocycles. The molecule has 1 rings (SSSR count). The molecule has 0 radical (unpaired) electrons. The number of hydrogen-bond donors (Lipinski definition) is 0. The summed E-state index contributed by atoms with van der Waals surface area (Å²) >= 11 is 0. The van der Waals surface area contributed by atoms with Gasteiger partial charge in [0.15, 0.2) is 0 Å². The van der Waals surface area contributed by atoms with Gasteiger partial charge in [0.05, 0.1) is 13.0 Å². The molecule has 1 saturated carbocycles. The van der Waals surface area contributed by atoms with Crippen molar-refractivity contribution < 1.29 is 14.4 Å². The van der Waals surface area contributed by atoms with E-state index in [1.807, 2.05) is 0 Å². The normalized spacial score (nSPS) is 22.8. The van der Waals surface area contributed by atoms with Gasteiger partial charge < -0.3 is 0 Å². The number of rotatable bonds is 2. The monoisotopic (exact) mass is 171 g/mol. The fourth-order valence-corrected chi connectivity index (χ4v) is 1.39. The Morgan fingerprint density at radius 2 is 2.33 bits per heavy atom. The molecule has 0 aromatic rings. The molecule has 0 heterocycles. The van der Waals surface area contributed by atoms with E-state index in [1.54, 1.807) is 0 Å². The van der Waals surface area contributed by atoms with E-state index in [0.29, 0.717) is 12.8 Å². The Balaban J connectivity index is 2.57. The van der Waals surface area contributed by atoms with Gasteiger partial charge in [0.1, 0.15) is 5.78 Å². The van der Waals surface area contributed by atoms with Gasteiger partial charge in [-0.15, -0.1) is 0 Å². The maximum Gasteiger partial charge on any atom is 0.256 e. The molecule has 1 fully saturated rings. The molecule has 0 spiro atoms. The third kappa shape index (κ3) is 1.64. The molecule has 1 aliphatic rings. The predicted molar refractivity (Wildman–Crippen MR) is 42.1 cm³/mol. The van der Waals surface area contributed by atoms with Crippen LogP contribution in [-0.4, -0.2) is 30.9 Å². The summed E-state index contributed by atoms with van der Waals surface area (Å²) in [6.07, 6.45) is 2.03. The highest BCUT2D eigenvalue weighted by atomic mass is 16.7. The van der Waals surface area contributed by atoms with Crippen LogP contribution in [-0.2, 0) is 14.4 Å². The van der Waals surface area contributed by atoms with Gasteiger partial charge in [0, 0.05) is 13.5 Å². The lowest BCUT2D eigenvalue weighted by atomic mass is 10.1. The number of hydrogen-bond acceptors (Lipinski definition) is 3. The zero-order valence-electron chi connectivity index (χ0n) is 7.37. The highest BCUT2D eigenvalue weighted by Gasteiger charge is 2.32. The molecule has 1 aliphatic carbocycles.